The van der Waals surface area contributed by atoms with Gasteiger partial charge in [-0.1, -0.05) is 19.0 Å². The Morgan fingerprint density at radius 2 is 2.15 bits per heavy atom. The topological polar surface area (TPSA) is 88.4 Å². The van der Waals surface area contributed by atoms with E-state index in [1.165, 1.54) is 0 Å². The van der Waals surface area contributed by atoms with E-state index in [1.807, 2.05) is 13.8 Å². The Kier molecular flexibility index (Phi) is 6.44. The molecule has 1 N–H and O–H groups in total. The average Bonchev–Trinajstić information content (AvgIpc) is 2.92. The maximum Gasteiger partial charge on any atom is 0.353 e. The van der Waals surface area contributed by atoms with Crippen molar-refractivity contribution >= 4 is 17.6 Å². The molecule has 0 radical (unpaired) electrons. The van der Waals surface area contributed by atoms with Crippen LogP contribution in [0.2, 0.25) is 0 Å². The monoisotopic (exact) mass is 286 g/mol. The Morgan fingerprint density at radius 3 is 2.60 bits per heavy atom. The Labute approximate surface area is 118 Å². The number of ether oxygens (including phenoxy) is 1. The van der Waals surface area contributed by atoms with Crippen LogP contribution in [0, 0.1) is 0 Å². The van der Waals surface area contributed by atoms with Crippen LogP contribution in [0.5, 0.6) is 0 Å². The van der Waals surface area contributed by atoms with E-state index in [2.05, 4.69) is 5.16 Å². The summed E-state index contributed by atoms with van der Waals surface area (Å²) >= 11 is 0. The average molecular weight is 286 g/mol. The first kappa shape index (κ1) is 16.4. The lowest BCUT2D eigenvalue weighted by Crippen LogP contribution is -2.47. The minimum atomic E-state index is -1.15. The lowest BCUT2D eigenvalue weighted by Gasteiger charge is -2.31. The number of carboxylic acid groups (broad SMARTS) is 1. The molecule has 20 heavy (non-hydrogen) atoms. The molecule has 1 aliphatic heterocycles. The number of amides is 1. The molecule has 1 atom stereocenters. The van der Waals surface area contributed by atoms with Crippen LogP contribution in [0.25, 0.3) is 0 Å². The Bertz CT molecular complexity index is 379. The molecule has 0 aromatic heterocycles. The molecule has 0 fully saturated rings. The van der Waals surface area contributed by atoms with Crippen molar-refractivity contribution in [2.45, 2.75) is 45.3 Å². The fourth-order valence-electron chi connectivity index (χ4n) is 2.21. The van der Waals surface area contributed by atoms with Gasteiger partial charge in [0.2, 0.25) is 6.10 Å². The van der Waals surface area contributed by atoms with Crippen molar-refractivity contribution in [1.82, 2.24) is 4.90 Å². The van der Waals surface area contributed by atoms with Crippen LogP contribution in [0.4, 0.5) is 0 Å². The van der Waals surface area contributed by atoms with E-state index >= 15 is 0 Å². The van der Waals surface area contributed by atoms with Gasteiger partial charge < -0.3 is 19.6 Å². The lowest BCUT2D eigenvalue weighted by atomic mass is 10.1. The molecule has 0 aromatic rings. The summed E-state index contributed by atoms with van der Waals surface area (Å²) in [7, 11) is 1.58. The van der Waals surface area contributed by atoms with Gasteiger partial charge in [-0.25, -0.2) is 4.79 Å². The van der Waals surface area contributed by atoms with Gasteiger partial charge >= 0.3 is 5.97 Å². The fourth-order valence-corrected chi connectivity index (χ4v) is 2.21. The second-order valence-corrected chi connectivity index (χ2v) is 4.64. The molecule has 1 aliphatic rings. The van der Waals surface area contributed by atoms with Crippen LogP contribution < -0.4 is 0 Å². The molecule has 7 nitrogen and oxygen atoms in total. The van der Waals surface area contributed by atoms with Gasteiger partial charge in [0, 0.05) is 26.1 Å². The smallest absolute Gasteiger partial charge is 0.353 e. The molecule has 1 unspecified atom stereocenters. The van der Waals surface area contributed by atoms with E-state index in [0.717, 1.165) is 12.8 Å². The highest BCUT2D eigenvalue weighted by Gasteiger charge is 2.36. The van der Waals surface area contributed by atoms with Crippen LogP contribution in [-0.4, -0.2) is 60.0 Å². The number of oxime groups is 1. The standard InChI is InChI=1S/C13H22N2O5/c1-4-9(5-2)15(6-7-19-3)12(16)11-8-10(13(17)18)14-20-11/h9,11H,4-8H2,1-3H3,(H,17,18). The van der Waals surface area contributed by atoms with Crippen molar-refractivity contribution in [3.05, 3.63) is 0 Å². The first-order chi connectivity index (χ1) is 9.54. The van der Waals surface area contributed by atoms with E-state index in [4.69, 9.17) is 14.7 Å². The molecule has 1 rings (SSSR count). The number of hydrogen-bond acceptors (Lipinski definition) is 5. The third-order valence-electron chi connectivity index (χ3n) is 3.39. The highest BCUT2D eigenvalue weighted by atomic mass is 16.6. The second-order valence-electron chi connectivity index (χ2n) is 4.64. The number of nitrogens with zero attached hydrogens (tertiary/aromatic N) is 2. The number of methoxy groups -OCH3 is 1. The molecule has 0 saturated heterocycles. The van der Waals surface area contributed by atoms with Gasteiger partial charge in [0.25, 0.3) is 5.91 Å². The van der Waals surface area contributed by atoms with E-state index in [-0.39, 0.29) is 24.1 Å². The van der Waals surface area contributed by atoms with Gasteiger partial charge in [-0.15, -0.1) is 0 Å². The van der Waals surface area contributed by atoms with Gasteiger partial charge in [-0.2, -0.15) is 0 Å². The van der Waals surface area contributed by atoms with Crippen molar-refractivity contribution in [2.75, 3.05) is 20.3 Å². The van der Waals surface area contributed by atoms with E-state index in [9.17, 15) is 9.59 Å². The zero-order valence-electron chi connectivity index (χ0n) is 12.2. The quantitative estimate of drug-likeness (QED) is 0.715. The summed E-state index contributed by atoms with van der Waals surface area (Å²) in [5.74, 6) is -1.37. The zero-order chi connectivity index (χ0) is 15.1. The molecule has 0 spiro atoms. The van der Waals surface area contributed by atoms with Gasteiger partial charge in [0.1, 0.15) is 0 Å². The Balaban J connectivity index is 2.71. The first-order valence-electron chi connectivity index (χ1n) is 6.80. The number of hydrogen-bond donors (Lipinski definition) is 1. The van der Waals surface area contributed by atoms with Crippen LogP contribution in [0.15, 0.2) is 5.16 Å². The van der Waals surface area contributed by atoms with E-state index in [0.29, 0.717) is 13.2 Å². The molecular formula is C13H22N2O5. The maximum absolute atomic E-state index is 12.5. The Hall–Kier alpha value is -1.63. The molecule has 0 aromatic carbocycles. The summed E-state index contributed by atoms with van der Waals surface area (Å²) in [6.45, 7) is 4.91. The summed E-state index contributed by atoms with van der Waals surface area (Å²) in [6, 6.07) is 0.0927. The molecule has 0 saturated carbocycles. The number of carboxylic acids is 1. The summed E-state index contributed by atoms with van der Waals surface area (Å²) in [4.78, 5) is 29.9. The maximum atomic E-state index is 12.5. The second kappa shape index (κ2) is 7.84. The molecule has 7 heteroatoms. The van der Waals surface area contributed by atoms with E-state index in [1.54, 1.807) is 12.0 Å². The molecule has 0 aliphatic carbocycles. The van der Waals surface area contributed by atoms with Gasteiger partial charge in [0.15, 0.2) is 5.71 Å². The van der Waals surface area contributed by atoms with Crippen LogP contribution in [0.3, 0.4) is 0 Å². The zero-order valence-corrected chi connectivity index (χ0v) is 12.2. The number of aliphatic carboxylic acids is 1. The van der Waals surface area contributed by atoms with Crippen LogP contribution in [-0.2, 0) is 19.2 Å². The summed E-state index contributed by atoms with van der Waals surface area (Å²) < 4.78 is 5.03. The summed E-state index contributed by atoms with van der Waals surface area (Å²) in [5, 5.41) is 12.3. The molecular weight excluding hydrogens is 264 g/mol. The highest BCUT2D eigenvalue weighted by molar-refractivity contribution is 6.36. The number of carbonyl (C=O) groups excluding carboxylic acids is 1. The van der Waals surface area contributed by atoms with Gasteiger partial charge in [0.05, 0.1) is 6.61 Å². The molecule has 114 valence electrons. The summed E-state index contributed by atoms with van der Waals surface area (Å²) in [6.07, 6.45) is 0.826. The predicted octanol–water partition coefficient (Wildman–Crippen LogP) is 0.880. The minimum absolute atomic E-state index is 0.0117. The van der Waals surface area contributed by atoms with Crippen LogP contribution >= 0.6 is 0 Å². The van der Waals surface area contributed by atoms with E-state index < -0.39 is 12.1 Å². The number of rotatable bonds is 8. The normalized spacial score (nSPS) is 17.8. The fraction of sp³-hybridized carbons (Fsp3) is 0.769. The highest BCUT2D eigenvalue weighted by Crippen LogP contribution is 2.17. The third kappa shape index (κ3) is 3.93. The first-order valence-corrected chi connectivity index (χ1v) is 6.80. The van der Waals surface area contributed by atoms with Crippen molar-refractivity contribution in [3.8, 4) is 0 Å². The van der Waals surface area contributed by atoms with Gasteiger partial charge in [-0.3, -0.25) is 4.79 Å². The SMILES string of the molecule is CCC(CC)N(CCOC)C(=O)C1CC(C(=O)O)=NO1. The number of carbonyl (C=O) groups is 2. The van der Waals surface area contributed by atoms with Crippen molar-refractivity contribution in [2.24, 2.45) is 5.16 Å². The third-order valence-corrected chi connectivity index (χ3v) is 3.39. The molecule has 1 heterocycles. The molecule has 0 bridgehead atoms. The van der Waals surface area contributed by atoms with Crippen molar-refractivity contribution in [1.29, 1.82) is 0 Å². The van der Waals surface area contributed by atoms with Gasteiger partial charge in [-0.05, 0) is 12.8 Å². The van der Waals surface area contributed by atoms with Crippen molar-refractivity contribution < 1.29 is 24.3 Å². The lowest BCUT2D eigenvalue weighted by molar-refractivity contribution is -0.145. The Morgan fingerprint density at radius 1 is 1.50 bits per heavy atom. The minimum Gasteiger partial charge on any atom is -0.477 e. The summed E-state index contributed by atoms with van der Waals surface area (Å²) in [5.41, 5.74) is -0.111. The largest absolute Gasteiger partial charge is 0.477 e. The van der Waals surface area contributed by atoms with Crippen LogP contribution in [0.1, 0.15) is 33.1 Å². The predicted molar refractivity (Wildman–Crippen MR) is 72.5 cm³/mol. The van der Waals surface area contributed by atoms with Crippen molar-refractivity contribution in [3.63, 3.8) is 0 Å². The molecule has 1 amide bonds.